The summed E-state index contributed by atoms with van der Waals surface area (Å²) < 4.78 is 4.83. The monoisotopic (exact) mass is 261 g/mol. The van der Waals surface area contributed by atoms with Crippen LogP contribution in [0.25, 0.3) is 0 Å². The molecule has 3 nitrogen and oxygen atoms in total. The summed E-state index contributed by atoms with van der Waals surface area (Å²) in [5, 5.41) is 3.53. The normalized spacial score (nSPS) is 25.1. The highest BCUT2D eigenvalue weighted by Crippen LogP contribution is 2.42. The number of hydrogen-bond donors (Lipinski definition) is 1. The van der Waals surface area contributed by atoms with Crippen LogP contribution in [0, 0.1) is 11.3 Å². The number of rotatable bonds is 3. The second-order valence-corrected chi connectivity index (χ2v) is 6.34. The van der Waals surface area contributed by atoms with Crippen molar-refractivity contribution in [1.29, 1.82) is 0 Å². The van der Waals surface area contributed by atoms with Crippen LogP contribution in [0.2, 0.25) is 0 Å². The summed E-state index contributed by atoms with van der Waals surface area (Å²) in [5.74, 6) is 0.328. The van der Waals surface area contributed by atoms with Crippen molar-refractivity contribution in [2.75, 3.05) is 12.4 Å². The van der Waals surface area contributed by atoms with E-state index in [9.17, 15) is 4.79 Å². The molecule has 3 heteroatoms. The molecule has 1 N–H and O–H groups in total. The van der Waals surface area contributed by atoms with Gasteiger partial charge in [-0.15, -0.1) is 0 Å². The molecule has 0 spiro atoms. The number of para-hydroxylation sites is 1. The molecule has 1 aromatic carbocycles. The van der Waals surface area contributed by atoms with Gasteiger partial charge in [-0.1, -0.05) is 32.9 Å². The zero-order chi connectivity index (χ0) is 14.0. The van der Waals surface area contributed by atoms with Gasteiger partial charge in [0, 0.05) is 11.7 Å². The summed E-state index contributed by atoms with van der Waals surface area (Å²) in [6.45, 7) is 6.88. The molecule has 0 radical (unpaired) electrons. The van der Waals surface area contributed by atoms with Crippen LogP contribution in [0.3, 0.4) is 0 Å². The van der Waals surface area contributed by atoms with Crippen LogP contribution >= 0.6 is 0 Å². The first-order chi connectivity index (χ1) is 8.93. The van der Waals surface area contributed by atoms with Crippen LogP contribution in [0.1, 0.15) is 44.0 Å². The highest BCUT2D eigenvalue weighted by Gasteiger charge is 2.36. The molecule has 1 saturated carbocycles. The highest BCUT2D eigenvalue weighted by atomic mass is 16.5. The fraction of sp³-hybridized carbons (Fsp3) is 0.562. The van der Waals surface area contributed by atoms with Crippen LogP contribution in [0.5, 0.6) is 0 Å². The van der Waals surface area contributed by atoms with Gasteiger partial charge in [-0.3, -0.25) is 0 Å². The van der Waals surface area contributed by atoms with Gasteiger partial charge in [0.05, 0.1) is 12.7 Å². The molecule has 0 saturated heterocycles. The summed E-state index contributed by atoms with van der Waals surface area (Å²) in [6, 6.07) is 7.98. The van der Waals surface area contributed by atoms with Crippen molar-refractivity contribution in [3.8, 4) is 0 Å². The van der Waals surface area contributed by atoms with E-state index in [1.807, 2.05) is 18.2 Å². The third-order valence-electron chi connectivity index (χ3n) is 4.01. The van der Waals surface area contributed by atoms with E-state index in [1.165, 1.54) is 13.5 Å². The van der Waals surface area contributed by atoms with Crippen molar-refractivity contribution in [2.24, 2.45) is 11.3 Å². The Bertz CT molecular complexity index is 468. The molecule has 1 aromatic rings. The van der Waals surface area contributed by atoms with Crippen molar-refractivity contribution >= 4 is 11.7 Å². The lowest BCUT2D eigenvalue weighted by atomic mass is 9.91. The number of carbonyl (C=O) groups excluding carboxylic acids is 1. The molecule has 1 fully saturated rings. The van der Waals surface area contributed by atoms with Crippen LogP contribution in [-0.2, 0) is 4.74 Å². The molecule has 19 heavy (non-hydrogen) atoms. The lowest BCUT2D eigenvalue weighted by Crippen LogP contribution is -2.24. The molecular formula is C16H23NO2. The number of methoxy groups -OCH3 is 1. The number of anilines is 1. The van der Waals surface area contributed by atoms with Crippen molar-refractivity contribution < 1.29 is 9.53 Å². The predicted octanol–water partition coefficient (Wildman–Crippen LogP) is 3.71. The molecule has 1 aliphatic carbocycles. The molecule has 1 aliphatic rings. The van der Waals surface area contributed by atoms with E-state index in [4.69, 9.17) is 4.74 Å². The first kappa shape index (κ1) is 13.9. The summed E-state index contributed by atoms with van der Waals surface area (Å²) in [7, 11) is 1.42. The van der Waals surface area contributed by atoms with Gasteiger partial charge in [0.2, 0.25) is 0 Å². The molecule has 2 unspecified atom stereocenters. The summed E-state index contributed by atoms with van der Waals surface area (Å²) in [5.41, 5.74) is 1.86. The Morgan fingerprint density at radius 3 is 2.58 bits per heavy atom. The topological polar surface area (TPSA) is 38.3 Å². The number of nitrogens with one attached hydrogen (secondary N) is 1. The maximum atomic E-state index is 11.8. The number of benzene rings is 1. The van der Waals surface area contributed by atoms with E-state index >= 15 is 0 Å². The third-order valence-corrected chi connectivity index (χ3v) is 4.01. The van der Waals surface area contributed by atoms with Gasteiger partial charge in [0.1, 0.15) is 0 Å². The first-order valence-corrected chi connectivity index (χ1v) is 6.87. The lowest BCUT2D eigenvalue weighted by molar-refractivity contribution is 0.0602. The second kappa shape index (κ2) is 5.24. The van der Waals surface area contributed by atoms with Crippen molar-refractivity contribution in [3.05, 3.63) is 29.8 Å². The molecule has 0 heterocycles. The Morgan fingerprint density at radius 2 is 2.00 bits per heavy atom. The van der Waals surface area contributed by atoms with E-state index in [1.54, 1.807) is 6.07 Å². The zero-order valence-electron chi connectivity index (χ0n) is 12.2. The van der Waals surface area contributed by atoms with Gasteiger partial charge in [0.15, 0.2) is 0 Å². The molecule has 0 aromatic heterocycles. The maximum absolute atomic E-state index is 11.8. The zero-order valence-corrected chi connectivity index (χ0v) is 12.2. The quantitative estimate of drug-likeness (QED) is 0.843. The number of hydrogen-bond acceptors (Lipinski definition) is 3. The Balaban J connectivity index is 2.18. The standard InChI is InChI=1S/C16H23NO2/c1-11-9-16(2,3)10-14(11)17-13-8-6-5-7-12(13)15(18)19-4/h5-8,11,14,17H,9-10H2,1-4H3. The number of ether oxygens (including phenoxy) is 1. The molecular weight excluding hydrogens is 238 g/mol. The summed E-state index contributed by atoms with van der Waals surface area (Å²) in [6.07, 6.45) is 2.34. The van der Waals surface area contributed by atoms with Gasteiger partial charge in [-0.25, -0.2) is 4.79 Å². The fourth-order valence-corrected chi connectivity index (χ4v) is 3.18. The van der Waals surface area contributed by atoms with E-state index in [-0.39, 0.29) is 5.97 Å². The molecule has 2 rings (SSSR count). The van der Waals surface area contributed by atoms with E-state index < -0.39 is 0 Å². The van der Waals surface area contributed by atoms with Crippen LogP contribution in [0.4, 0.5) is 5.69 Å². The average Bonchev–Trinajstić information content (AvgIpc) is 2.62. The van der Waals surface area contributed by atoms with Gasteiger partial charge >= 0.3 is 5.97 Å². The minimum absolute atomic E-state index is 0.284. The summed E-state index contributed by atoms with van der Waals surface area (Å²) >= 11 is 0. The van der Waals surface area contributed by atoms with Gasteiger partial charge < -0.3 is 10.1 Å². The lowest BCUT2D eigenvalue weighted by Gasteiger charge is -2.21. The van der Waals surface area contributed by atoms with E-state index in [0.717, 1.165) is 12.1 Å². The molecule has 0 amide bonds. The number of esters is 1. The summed E-state index contributed by atoms with van der Waals surface area (Å²) in [4.78, 5) is 11.8. The minimum Gasteiger partial charge on any atom is -0.465 e. The highest BCUT2D eigenvalue weighted by molar-refractivity contribution is 5.95. The Morgan fingerprint density at radius 1 is 1.32 bits per heavy atom. The van der Waals surface area contributed by atoms with Crippen LogP contribution in [-0.4, -0.2) is 19.1 Å². The Hall–Kier alpha value is -1.51. The second-order valence-electron chi connectivity index (χ2n) is 6.34. The van der Waals surface area contributed by atoms with Crippen LogP contribution in [0.15, 0.2) is 24.3 Å². The van der Waals surface area contributed by atoms with Crippen molar-refractivity contribution in [1.82, 2.24) is 0 Å². The first-order valence-electron chi connectivity index (χ1n) is 6.87. The van der Waals surface area contributed by atoms with Gasteiger partial charge in [-0.2, -0.15) is 0 Å². The van der Waals surface area contributed by atoms with E-state index in [0.29, 0.717) is 22.9 Å². The minimum atomic E-state index is -0.284. The molecule has 2 atom stereocenters. The predicted molar refractivity (Wildman–Crippen MR) is 77.4 cm³/mol. The van der Waals surface area contributed by atoms with Gasteiger partial charge in [0.25, 0.3) is 0 Å². The smallest absolute Gasteiger partial charge is 0.339 e. The third kappa shape index (κ3) is 3.09. The van der Waals surface area contributed by atoms with Gasteiger partial charge in [-0.05, 0) is 36.3 Å². The molecule has 104 valence electrons. The van der Waals surface area contributed by atoms with Crippen molar-refractivity contribution in [2.45, 2.75) is 39.7 Å². The molecule has 0 bridgehead atoms. The average molecular weight is 261 g/mol. The SMILES string of the molecule is COC(=O)c1ccccc1NC1CC(C)(C)CC1C. The maximum Gasteiger partial charge on any atom is 0.339 e. The van der Waals surface area contributed by atoms with Crippen molar-refractivity contribution in [3.63, 3.8) is 0 Å². The number of carbonyl (C=O) groups is 1. The van der Waals surface area contributed by atoms with Crippen LogP contribution < -0.4 is 5.32 Å². The Labute approximate surface area is 115 Å². The largest absolute Gasteiger partial charge is 0.465 e. The fourth-order valence-electron chi connectivity index (χ4n) is 3.18. The van der Waals surface area contributed by atoms with E-state index in [2.05, 4.69) is 26.1 Å². The Kier molecular flexibility index (Phi) is 3.83. The molecule has 0 aliphatic heterocycles.